The number of thiophene rings is 1. The van der Waals surface area contributed by atoms with Crippen LogP contribution in [0.3, 0.4) is 0 Å². The summed E-state index contributed by atoms with van der Waals surface area (Å²) in [5, 5.41) is 0. The lowest BCUT2D eigenvalue weighted by Crippen LogP contribution is -2.43. The van der Waals surface area contributed by atoms with E-state index in [1.807, 2.05) is 13.0 Å². The third-order valence-electron chi connectivity index (χ3n) is 4.24. The smallest absolute Gasteiger partial charge is 0.306 e. The Bertz CT molecular complexity index is 783. The standard InChI is InChI=1S/C17H23NO6S2/c1-3-18(13-8-9-26(22,23)11-13)16(20)10-24-17(21)7-5-14(19)15-6-4-12(2)25-15/h4,6,13H,3,5,7-11H2,1-2H3. The highest BCUT2D eigenvalue weighted by Gasteiger charge is 2.34. The van der Waals surface area contributed by atoms with Crippen molar-refractivity contribution in [2.75, 3.05) is 24.7 Å². The first-order valence-electron chi connectivity index (χ1n) is 8.47. The number of hydrogen-bond donors (Lipinski definition) is 0. The number of likely N-dealkylation sites (N-methyl/N-ethyl adjacent to an activating group) is 1. The molecule has 0 radical (unpaired) electrons. The molecule has 0 aliphatic carbocycles. The number of esters is 1. The van der Waals surface area contributed by atoms with Crippen LogP contribution in [-0.4, -0.2) is 61.7 Å². The SMILES string of the molecule is CCN(C(=O)COC(=O)CCC(=O)c1ccc(C)s1)C1CCS(=O)(=O)C1. The van der Waals surface area contributed by atoms with Gasteiger partial charge in [0.15, 0.2) is 22.2 Å². The van der Waals surface area contributed by atoms with E-state index in [0.717, 1.165) is 4.88 Å². The van der Waals surface area contributed by atoms with E-state index in [9.17, 15) is 22.8 Å². The van der Waals surface area contributed by atoms with E-state index in [2.05, 4.69) is 0 Å². The number of aryl methyl sites for hydroxylation is 1. The number of sulfone groups is 1. The minimum Gasteiger partial charge on any atom is -0.456 e. The van der Waals surface area contributed by atoms with E-state index in [0.29, 0.717) is 17.8 Å². The molecule has 1 fully saturated rings. The molecule has 7 nitrogen and oxygen atoms in total. The minimum atomic E-state index is -3.10. The number of rotatable bonds is 8. The average molecular weight is 402 g/mol. The van der Waals surface area contributed by atoms with Gasteiger partial charge in [-0.15, -0.1) is 11.3 Å². The predicted molar refractivity (Wildman–Crippen MR) is 98.0 cm³/mol. The third kappa shape index (κ3) is 5.63. The Labute approximate surface area is 157 Å². The topological polar surface area (TPSA) is 97.8 Å². The Morgan fingerprint density at radius 1 is 1.27 bits per heavy atom. The summed E-state index contributed by atoms with van der Waals surface area (Å²) in [6.07, 6.45) is 0.350. The molecule has 144 valence electrons. The van der Waals surface area contributed by atoms with Crippen LogP contribution >= 0.6 is 11.3 Å². The molecule has 1 atom stereocenters. The lowest BCUT2D eigenvalue weighted by Gasteiger charge is -2.26. The summed E-state index contributed by atoms with van der Waals surface area (Å²) >= 11 is 1.38. The highest BCUT2D eigenvalue weighted by atomic mass is 32.2. The van der Waals surface area contributed by atoms with Crippen LogP contribution < -0.4 is 0 Å². The molecule has 1 aromatic rings. The second-order valence-electron chi connectivity index (χ2n) is 6.23. The molecule has 0 saturated carbocycles. The van der Waals surface area contributed by atoms with Crippen molar-refractivity contribution in [2.24, 2.45) is 0 Å². The van der Waals surface area contributed by atoms with Gasteiger partial charge < -0.3 is 9.64 Å². The summed E-state index contributed by atoms with van der Waals surface area (Å²) in [5.74, 6) is -1.13. The maximum atomic E-state index is 12.2. The van der Waals surface area contributed by atoms with Crippen molar-refractivity contribution in [1.82, 2.24) is 4.90 Å². The number of ether oxygens (including phenoxy) is 1. The summed E-state index contributed by atoms with van der Waals surface area (Å²) in [5.41, 5.74) is 0. The number of amides is 1. The van der Waals surface area contributed by atoms with Gasteiger partial charge in [-0.2, -0.15) is 0 Å². The normalized spacial score (nSPS) is 18.5. The van der Waals surface area contributed by atoms with Gasteiger partial charge in [-0.1, -0.05) is 0 Å². The van der Waals surface area contributed by atoms with E-state index < -0.39 is 28.3 Å². The fourth-order valence-electron chi connectivity index (χ4n) is 2.88. The van der Waals surface area contributed by atoms with E-state index in [4.69, 9.17) is 4.74 Å². The second-order valence-corrected chi connectivity index (χ2v) is 9.75. The van der Waals surface area contributed by atoms with Crippen LogP contribution in [0.15, 0.2) is 12.1 Å². The quantitative estimate of drug-likeness (QED) is 0.485. The first-order chi connectivity index (χ1) is 12.2. The van der Waals surface area contributed by atoms with Crippen LogP contribution in [-0.2, 0) is 24.2 Å². The van der Waals surface area contributed by atoms with E-state index in [-0.39, 0.29) is 36.2 Å². The van der Waals surface area contributed by atoms with E-state index in [1.165, 1.54) is 16.2 Å². The van der Waals surface area contributed by atoms with Crippen molar-refractivity contribution >= 4 is 38.8 Å². The minimum absolute atomic E-state index is 0.0331. The molecule has 1 saturated heterocycles. The molecular formula is C17H23NO6S2. The lowest BCUT2D eigenvalue weighted by molar-refractivity contribution is -0.152. The molecule has 1 aliphatic heterocycles. The van der Waals surface area contributed by atoms with Gasteiger partial charge in [0.25, 0.3) is 5.91 Å². The van der Waals surface area contributed by atoms with Gasteiger partial charge in [0.05, 0.1) is 22.8 Å². The number of carbonyl (C=O) groups excluding carboxylic acids is 3. The number of Topliss-reactive ketones (excluding diaryl/α,β-unsaturated/α-hetero) is 1. The van der Waals surface area contributed by atoms with Crippen molar-refractivity contribution in [3.8, 4) is 0 Å². The van der Waals surface area contributed by atoms with Crippen molar-refractivity contribution in [1.29, 1.82) is 0 Å². The van der Waals surface area contributed by atoms with E-state index >= 15 is 0 Å². The molecule has 0 aromatic carbocycles. The zero-order chi connectivity index (χ0) is 19.3. The van der Waals surface area contributed by atoms with Crippen molar-refractivity contribution in [2.45, 2.75) is 39.2 Å². The monoisotopic (exact) mass is 401 g/mol. The van der Waals surface area contributed by atoms with Crippen molar-refractivity contribution in [3.05, 3.63) is 21.9 Å². The maximum absolute atomic E-state index is 12.2. The molecule has 0 spiro atoms. The molecule has 1 aliphatic rings. The van der Waals surface area contributed by atoms with E-state index in [1.54, 1.807) is 13.0 Å². The molecule has 0 N–H and O–H groups in total. The van der Waals surface area contributed by atoms with Crippen LogP contribution in [0.1, 0.15) is 40.7 Å². The van der Waals surface area contributed by atoms with Gasteiger partial charge in [0.2, 0.25) is 0 Å². The van der Waals surface area contributed by atoms with Gasteiger partial charge in [-0.05, 0) is 32.4 Å². The Morgan fingerprint density at radius 2 is 2.00 bits per heavy atom. The highest BCUT2D eigenvalue weighted by Crippen LogP contribution is 2.19. The largest absolute Gasteiger partial charge is 0.456 e. The van der Waals surface area contributed by atoms with Crippen LogP contribution in [0.5, 0.6) is 0 Å². The number of carbonyl (C=O) groups is 3. The molecule has 9 heteroatoms. The lowest BCUT2D eigenvalue weighted by atomic mass is 10.2. The Balaban J connectivity index is 1.77. The van der Waals surface area contributed by atoms with Crippen molar-refractivity contribution in [3.63, 3.8) is 0 Å². The van der Waals surface area contributed by atoms with Crippen molar-refractivity contribution < 1.29 is 27.5 Å². The predicted octanol–water partition coefficient (Wildman–Crippen LogP) is 1.60. The molecule has 1 aromatic heterocycles. The van der Waals surface area contributed by atoms with Crippen LogP contribution in [0.25, 0.3) is 0 Å². The summed E-state index contributed by atoms with van der Waals surface area (Å²) in [6.45, 7) is 3.57. The van der Waals surface area contributed by atoms with Crippen LogP contribution in [0, 0.1) is 6.92 Å². The zero-order valence-electron chi connectivity index (χ0n) is 14.9. The average Bonchev–Trinajstić information content (AvgIpc) is 3.17. The maximum Gasteiger partial charge on any atom is 0.306 e. The Hall–Kier alpha value is -1.74. The second kappa shape index (κ2) is 8.77. The van der Waals surface area contributed by atoms with Gasteiger partial charge in [0.1, 0.15) is 0 Å². The Morgan fingerprint density at radius 3 is 2.54 bits per heavy atom. The fourth-order valence-corrected chi connectivity index (χ4v) is 5.45. The number of hydrogen-bond acceptors (Lipinski definition) is 7. The number of ketones is 1. The molecular weight excluding hydrogens is 378 g/mol. The molecule has 0 bridgehead atoms. The molecule has 1 unspecified atom stereocenters. The zero-order valence-corrected chi connectivity index (χ0v) is 16.5. The van der Waals surface area contributed by atoms with Crippen LogP contribution in [0.4, 0.5) is 0 Å². The molecule has 2 heterocycles. The summed E-state index contributed by atoms with van der Waals surface area (Å²) in [6, 6.07) is 3.21. The first-order valence-corrected chi connectivity index (χ1v) is 11.1. The summed E-state index contributed by atoms with van der Waals surface area (Å²) < 4.78 is 28.1. The molecule has 26 heavy (non-hydrogen) atoms. The van der Waals surface area contributed by atoms with Gasteiger partial charge >= 0.3 is 5.97 Å². The highest BCUT2D eigenvalue weighted by molar-refractivity contribution is 7.91. The third-order valence-corrected chi connectivity index (χ3v) is 7.03. The first kappa shape index (κ1) is 20.6. The molecule has 1 amide bonds. The molecule has 2 rings (SSSR count). The van der Waals surface area contributed by atoms with Gasteiger partial charge in [0, 0.05) is 23.9 Å². The fraction of sp³-hybridized carbons (Fsp3) is 0.588. The number of nitrogens with zero attached hydrogens (tertiary/aromatic N) is 1. The van der Waals surface area contributed by atoms with Crippen LogP contribution in [0.2, 0.25) is 0 Å². The summed E-state index contributed by atoms with van der Waals surface area (Å²) in [7, 11) is -3.10. The Kier molecular flexibility index (Phi) is 6.94. The summed E-state index contributed by atoms with van der Waals surface area (Å²) in [4.78, 5) is 39.0. The van der Waals surface area contributed by atoms with Gasteiger partial charge in [-0.3, -0.25) is 14.4 Å². The van der Waals surface area contributed by atoms with Gasteiger partial charge in [-0.25, -0.2) is 8.42 Å².